The molecule has 0 saturated heterocycles. The van der Waals surface area contributed by atoms with Crippen molar-refractivity contribution >= 4 is 17.5 Å². The van der Waals surface area contributed by atoms with Crippen LogP contribution in [0.2, 0.25) is 0 Å². The minimum atomic E-state index is -0.592. The maximum absolute atomic E-state index is 13.0. The number of ether oxygens (including phenoxy) is 1. The van der Waals surface area contributed by atoms with Crippen molar-refractivity contribution in [3.8, 4) is 5.75 Å². The molecular weight excluding hydrogens is 380 g/mol. The standard InChI is InChI=1S/C24H26N2O4/c1-15(27)6-9-22(16(2)28)26-13-21-20(24(26)29)4-3-5-23(21)30-14-17-7-8-18-11-25-12-19(18)10-17/h3-5,7-8,10,22,25H,6,9,11-14H2,1-2H3. The zero-order valence-electron chi connectivity index (χ0n) is 17.4. The molecule has 2 aliphatic rings. The molecule has 2 heterocycles. The Morgan fingerprint density at radius 2 is 1.93 bits per heavy atom. The molecule has 4 rings (SSSR count). The van der Waals surface area contributed by atoms with Gasteiger partial charge in [0.15, 0.2) is 5.78 Å². The molecule has 6 heteroatoms. The fraction of sp³-hybridized carbons (Fsp3) is 0.375. The van der Waals surface area contributed by atoms with Crippen molar-refractivity contribution < 1.29 is 19.1 Å². The van der Waals surface area contributed by atoms with Gasteiger partial charge in [0.25, 0.3) is 5.91 Å². The molecule has 0 fully saturated rings. The second kappa shape index (κ2) is 8.40. The van der Waals surface area contributed by atoms with Gasteiger partial charge in [0, 0.05) is 30.6 Å². The summed E-state index contributed by atoms with van der Waals surface area (Å²) >= 11 is 0. The Bertz CT molecular complexity index is 1010. The van der Waals surface area contributed by atoms with E-state index in [1.165, 1.54) is 25.0 Å². The summed E-state index contributed by atoms with van der Waals surface area (Å²) in [6.45, 7) is 5.49. The van der Waals surface area contributed by atoms with E-state index in [9.17, 15) is 14.4 Å². The van der Waals surface area contributed by atoms with Crippen LogP contribution in [0.25, 0.3) is 0 Å². The van der Waals surface area contributed by atoms with Crippen LogP contribution in [0, 0.1) is 0 Å². The molecule has 1 atom stereocenters. The maximum Gasteiger partial charge on any atom is 0.255 e. The van der Waals surface area contributed by atoms with E-state index >= 15 is 0 Å². The minimum Gasteiger partial charge on any atom is -0.489 e. The third kappa shape index (κ3) is 4.00. The molecule has 156 valence electrons. The normalized spacial score (nSPS) is 15.7. The molecule has 2 aromatic carbocycles. The summed E-state index contributed by atoms with van der Waals surface area (Å²) in [5.74, 6) is 0.393. The molecule has 0 radical (unpaired) electrons. The molecule has 0 aromatic heterocycles. The van der Waals surface area contributed by atoms with Crippen molar-refractivity contribution in [2.45, 2.75) is 59.0 Å². The highest BCUT2D eigenvalue weighted by atomic mass is 16.5. The molecule has 0 saturated carbocycles. The van der Waals surface area contributed by atoms with Crippen molar-refractivity contribution in [2.24, 2.45) is 0 Å². The second-order valence-corrected chi connectivity index (χ2v) is 8.08. The summed E-state index contributed by atoms with van der Waals surface area (Å²) in [6, 6.07) is 11.2. The molecule has 2 aliphatic heterocycles. The third-order valence-corrected chi connectivity index (χ3v) is 5.86. The van der Waals surface area contributed by atoms with Crippen LogP contribution in [0.3, 0.4) is 0 Å². The van der Waals surface area contributed by atoms with Crippen LogP contribution in [0.5, 0.6) is 5.75 Å². The highest BCUT2D eigenvalue weighted by Gasteiger charge is 2.36. The fourth-order valence-electron chi connectivity index (χ4n) is 4.23. The number of hydrogen-bond acceptors (Lipinski definition) is 5. The summed E-state index contributed by atoms with van der Waals surface area (Å²) in [7, 11) is 0. The number of rotatable bonds is 8. The topological polar surface area (TPSA) is 75.7 Å². The smallest absolute Gasteiger partial charge is 0.255 e. The average molecular weight is 406 g/mol. The number of carbonyl (C=O) groups is 3. The molecule has 1 unspecified atom stereocenters. The lowest BCUT2D eigenvalue weighted by atomic mass is 10.0. The highest BCUT2D eigenvalue weighted by molar-refractivity contribution is 6.01. The summed E-state index contributed by atoms with van der Waals surface area (Å²) in [5.41, 5.74) is 5.07. The highest BCUT2D eigenvalue weighted by Crippen LogP contribution is 2.33. The number of Topliss-reactive ketones (excluding diaryl/α,β-unsaturated/α-hetero) is 2. The van der Waals surface area contributed by atoms with Crippen LogP contribution in [0.4, 0.5) is 0 Å². The largest absolute Gasteiger partial charge is 0.489 e. The number of ketones is 2. The van der Waals surface area contributed by atoms with Gasteiger partial charge in [-0.2, -0.15) is 0 Å². The number of fused-ring (bicyclic) bond motifs is 2. The average Bonchev–Trinajstić information content (AvgIpc) is 3.31. The van der Waals surface area contributed by atoms with Crippen LogP contribution in [-0.4, -0.2) is 28.4 Å². The fourth-order valence-corrected chi connectivity index (χ4v) is 4.23. The Balaban J connectivity index is 1.51. The Morgan fingerprint density at radius 1 is 1.13 bits per heavy atom. The number of benzene rings is 2. The molecule has 1 amide bonds. The first kappa shape index (κ1) is 20.3. The first-order valence-corrected chi connectivity index (χ1v) is 10.3. The first-order chi connectivity index (χ1) is 14.4. The zero-order chi connectivity index (χ0) is 21.3. The molecular formula is C24H26N2O4. The quantitative estimate of drug-likeness (QED) is 0.729. The predicted molar refractivity (Wildman–Crippen MR) is 112 cm³/mol. The van der Waals surface area contributed by atoms with Crippen LogP contribution in [0.15, 0.2) is 36.4 Å². The molecule has 0 bridgehead atoms. The van der Waals surface area contributed by atoms with Gasteiger partial charge in [-0.1, -0.05) is 24.3 Å². The van der Waals surface area contributed by atoms with Crippen molar-refractivity contribution in [2.75, 3.05) is 0 Å². The van der Waals surface area contributed by atoms with Crippen LogP contribution in [-0.2, 0) is 35.8 Å². The Kier molecular flexibility index (Phi) is 5.68. The van der Waals surface area contributed by atoms with Gasteiger partial charge in [0.2, 0.25) is 0 Å². The number of carbonyl (C=O) groups excluding carboxylic acids is 3. The van der Waals surface area contributed by atoms with Gasteiger partial charge in [-0.05, 0) is 49.1 Å². The third-order valence-electron chi connectivity index (χ3n) is 5.86. The van der Waals surface area contributed by atoms with E-state index in [-0.39, 0.29) is 23.9 Å². The van der Waals surface area contributed by atoms with Gasteiger partial charge in [0.05, 0.1) is 12.6 Å². The number of amides is 1. The molecule has 30 heavy (non-hydrogen) atoms. The van der Waals surface area contributed by atoms with Gasteiger partial charge in [-0.3, -0.25) is 9.59 Å². The van der Waals surface area contributed by atoms with E-state index in [4.69, 9.17) is 4.74 Å². The monoisotopic (exact) mass is 406 g/mol. The molecule has 6 nitrogen and oxygen atoms in total. The van der Waals surface area contributed by atoms with Crippen molar-refractivity contribution in [1.29, 1.82) is 0 Å². The van der Waals surface area contributed by atoms with Crippen LogP contribution in [0.1, 0.15) is 59.3 Å². The van der Waals surface area contributed by atoms with Crippen LogP contribution < -0.4 is 10.1 Å². The molecule has 0 spiro atoms. The van der Waals surface area contributed by atoms with Crippen LogP contribution >= 0.6 is 0 Å². The first-order valence-electron chi connectivity index (χ1n) is 10.3. The SMILES string of the molecule is CC(=O)CCC(C(C)=O)N1Cc2c(OCc3ccc4c(c3)CNC4)cccc2C1=O. The second-order valence-electron chi connectivity index (χ2n) is 8.08. The minimum absolute atomic E-state index is 0.0129. The predicted octanol–water partition coefficient (Wildman–Crippen LogP) is 3.15. The lowest BCUT2D eigenvalue weighted by Crippen LogP contribution is -2.40. The van der Waals surface area contributed by atoms with E-state index in [0.717, 1.165) is 24.2 Å². The Labute approximate surface area is 176 Å². The summed E-state index contributed by atoms with van der Waals surface area (Å²) in [6.07, 6.45) is 0.630. The lowest BCUT2D eigenvalue weighted by molar-refractivity contribution is -0.122. The lowest BCUT2D eigenvalue weighted by Gasteiger charge is -2.25. The molecule has 1 N–H and O–H groups in total. The zero-order valence-corrected chi connectivity index (χ0v) is 17.4. The van der Waals surface area contributed by atoms with Crippen molar-refractivity contribution in [3.05, 3.63) is 64.2 Å². The van der Waals surface area contributed by atoms with Crippen molar-refractivity contribution in [3.63, 3.8) is 0 Å². The van der Waals surface area contributed by atoms with E-state index in [0.29, 0.717) is 30.9 Å². The molecule has 0 aliphatic carbocycles. The van der Waals surface area contributed by atoms with E-state index < -0.39 is 6.04 Å². The number of hydrogen-bond donors (Lipinski definition) is 1. The van der Waals surface area contributed by atoms with E-state index in [1.54, 1.807) is 17.0 Å². The molecule has 2 aromatic rings. The van der Waals surface area contributed by atoms with Gasteiger partial charge < -0.3 is 19.7 Å². The maximum atomic E-state index is 13.0. The van der Waals surface area contributed by atoms with Gasteiger partial charge in [-0.25, -0.2) is 0 Å². The van der Waals surface area contributed by atoms with E-state index in [2.05, 4.69) is 23.5 Å². The summed E-state index contributed by atoms with van der Waals surface area (Å²) in [4.78, 5) is 38.1. The Morgan fingerprint density at radius 3 is 2.70 bits per heavy atom. The summed E-state index contributed by atoms with van der Waals surface area (Å²) < 4.78 is 6.09. The number of nitrogens with zero attached hydrogens (tertiary/aromatic N) is 1. The Hall–Kier alpha value is -2.99. The van der Waals surface area contributed by atoms with Gasteiger partial charge in [-0.15, -0.1) is 0 Å². The number of nitrogens with one attached hydrogen (secondary N) is 1. The van der Waals surface area contributed by atoms with Gasteiger partial charge in [0.1, 0.15) is 18.1 Å². The van der Waals surface area contributed by atoms with Gasteiger partial charge >= 0.3 is 0 Å². The van der Waals surface area contributed by atoms with E-state index in [1.807, 2.05) is 6.07 Å². The van der Waals surface area contributed by atoms with Crippen molar-refractivity contribution in [1.82, 2.24) is 10.2 Å². The summed E-state index contributed by atoms with van der Waals surface area (Å²) in [5, 5.41) is 3.34.